The molecule has 0 atom stereocenters. The number of benzene rings is 2. The van der Waals surface area contributed by atoms with E-state index >= 15 is 0 Å². The Morgan fingerprint density at radius 2 is 1.24 bits per heavy atom. The second-order valence-corrected chi connectivity index (χ2v) is 3.50. The Morgan fingerprint density at radius 1 is 0.706 bits per heavy atom. The summed E-state index contributed by atoms with van der Waals surface area (Å²) in [5, 5.41) is 25.9. The fourth-order valence-corrected chi connectivity index (χ4v) is 1.32. The molecule has 0 unspecified atom stereocenters. The summed E-state index contributed by atoms with van der Waals surface area (Å²) in [6.07, 6.45) is -1.45. The number of azo groups is 1. The molecule has 0 spiro atoms. The van der Waals surface area contributed by atoms with Gasteiger partial charge in [-0.05, 0) is 24.3 Å². The predicted octanol–water partition coefficient (Wildman–Crippen LogP) is 3.09. The molecule has 4 nitrogen and oxygen atoms in total. The van der Waals surface area contributed by atoms with Crippen LogP contribution in [-0.2, 0) is 0 Å². The van der Waals surface area contributed by atoms with E-state index in [-0.39, 0.29) is 0 Å². The second-order valence-electron chi connectivity index (χ2n) is 3.50. The van der Waals surface area contributed by atoms with Crippen molar-refractivity contribution in [2.24, 2.45) is 10.2 Å². The van der Waals surface area contributed by atoms with Crippen LogP contribution in [0.3, 0.4) is 0 Å². The van der Waals surface area contributed by atoms with Gasteiger partial charge in [-0.1, -0.05) is 30.3 Å². The number of nitrogens with zero attached hydrogens (tertiary/aromatic N) is 2. The SMILES string of the molecule is OC(O)c1ccc(N=Nc2ccccc2)cc1. The topological polar surface area (TPSA) is 65.2 Å². The van der Waals surface area contributed by atoms with E-state index in [1.54, 1.807) is 24.3 Å². The van der Waals surface area contributed by atoms with E-state index < -0.39 is 6.29 Å². The number of hydrogen-bond acceptors (Lipinski definition) is 4. The molecule has 0 fully saturated rings. The summed E-state index contributed by atoms with van der Waals surface area (Å²) in [6, 6.07) is 16.0. The molecular weight excluding hydrogens is 216 g/mol. The maximum Gasteiger partial charge on any atom is 0.178 e. The average Bonchev–Trinajstić information content (AvgIpc) is 2.38. The molecule has 17 heavy (non-hydrogen) atoms. The van der Waals surface area contributed by atoms with Gasteiger partial charge < -0.3 is 10.2 Å². The van der Waals surface area contributed by atoms with Gasteiger partial charge in [-0.2, -0.15) is 10.2 Å². The van der Waals surface area contributed by atoms with E-state index in [1.807, 2.05) is 30.3 Å². The number of rotatable bonds is 3. The summed E-state index contributed by atoms with van der Waals surface area (Å²) >= 11 is 0. The standard InChI is InChI=1S/C13H12N2O2/c16-13(17)10-6-8-12(9-7-10)15-14-11-4-2-1-3-5-11/h1-9,13,16-17H. The Labute approximate surface area is 98.9 Å². The van der Waals surface area contributed by atoms with Crippen molar-refractivity contribution < 1.29 is 10.2 Å². The molecule has 0 radical (unpaired) electrons. The van der Waals surface area contributed by atoms with Crippen molar-refractivity contribution in [2.45, 2.75) is 6.29 Å². The summed E-state index contributed by atoms with van der Waals surface area (Å²) in [6.45, 7) is 0. The molecule has 0 amide bonds. The van der Waals surface area contributed by atoms with Crippen LogP contribution >= 0.6 is 0 Å². The normalized spacial score (nSPS) is 11.2. The third-order valence-electron chi connectivity index (χ3n) is 2.23. The molecule has 2 rings (SSSR count). The zero-order valence-corrected chi connectivity index (χ0v) is 9.06. The minimum Gasteiger partial charge on any atom is -0.364 e. The lowest BCUT2D eigenvalue weighted by Crippen LogP contribution is -1.92. The highest BCUT2D eigenvalue weighted by molar-refractivity contribution is 5.41. The fraction of sp³-hybridized carbons (Fsp3) is 0.0769. The molecule has 2 N–H and O–H groups in total. The van der Waals surface area contributed by atoms with E-state index in [9.17, 15) is 0 Å². The highest BCUT2D eigenvalue weighted by Crippen LogP contribution is 2.19. The number of aliphatic hydroxyl groups excluding tert-OH is 1. The molecule has 2 aromatic rings. The first-order valence-corrected chi connectivity index (χ1v) is 5.18. The first-order valence-electron chi connectivity index (χ1n) is 5.18. The second kappa shape index (κ2) is 5.34. The molecule has 0 aliphatic heterocycles. The van der Waals surface area contributed by atoms with Gasteiger partial charge in [-0.25, -0.2) is 0 Å². The quantitative estimate of drug-likeness (QED) is 0.626. The lowest BCUT2D eigenvalue weighted by Gasteiger charge is -2.02. The van der Waals surface area contributed by atoms with E-state index in [4.69, 9.17) is 10.2 Å². The maximum atomic E-state index is 8.92. The van der Waals surface area contributed by atoms with E-state index in [0.29, 0.717) is 11.3 Å². The predicted molar refractivity (Wildman–Crippen MR) is 64.2 cm³/mol. The van der Waals surface area contributed by atoms with Gasteiger partial charge in [-0.3, -0.25) is 0 Å². The van der Waals surface area contributed by atoms with Gasteiger partial charge in [0.05, 0.1) is 11.4 Å². The van der Waals surface area contributed by atoms with Crippen molar-refractivity contribution in [3.8, 4) is 0 Å². The Morgan fingerprint density at radius 3 is 1.76 bits per heavy atom. The minimum absolute atomic E-state index is 0.434. The third-order valence-corrected chi connectivity index (χ3v) is 2.23. The summed E-state index contributed by atoms with van der Waals surface area (Å²) in [5.74, 6) is 0. The number of aliphatic hydroxyl groups is 2. The molecule has 0 saturated heterocycles. The van der Waals surface area contributed by atoms with Crippen LogP contribution in [-0.4, -0.2) is 10.2 Å². The summed E-state index contributed by atoms with van der Waals surface area (Å²) in [5.41, 5.74) is 1.88. The van der Waals surface area contributed by atoms with Crippen molar-refractivity contribution in [3.63, 3.8) is 0 Å². The van der Waals surface area contributed by atoms with Crippen LogP contribution in [0.15, 0.2) is 64.8 Å². The highest BCUT2D eigenvalue weighted by atomic mass is 16.5. The molecule has 0 bridgehead atoms. The highest BCUT2D eigenvalue weighted by Gasteiger charge is 2.00. The molecule has 0 aliphatic rings. The van der Waals surface area contributed by atoms with Crippen molar-refractivity contribution in [1.82, 2.24) is 0 Å². The Hall–Kier alpha value is -2.04. The van der Waals surface area contributed by atoms with Crippen molar-refractivity contribution in [1.29, 1.82) is 0 Å². The number of hydrogen-bond donors (Lipinski definition) is 2. The molecule has 2 aromatic carbocycles. The van der Waals surface area contributed by atoms with Gasteiger partial charge in [0.2, 0.25) is 0 Å². The van der Waals surface area contributed by atoms with Crippen LogP contribution in [0.2, 0.25) is 0 Å². The summed E-state index contributed by atoms with van der Waals surface area (Å²) in [7, 11) is 0. The Balaban J connectivity index is 2.12. The van der Waals surface area contributed by atoms with Gasteiger partial charge in [0.15, 0.2) is 6.29 Å². The van der Waals surface area contributed by atoms with Gasteiger partial charge in [0.25, 0.3) is 0 Å². The van der Waals surface area contributed by atoms with Gasteiger partial charge in [0, 0.05) is 5.56 Å². The zero-order valence-electron chi connectivity index (χ0n) is 9.06. The van der Waals surface area contributed by atoms with Crippen molar-refractivity contribution >= 4 is 11.4 Å². The van der Waals surface area contributed by atoms with Crippen LogP contribution in [0, 0.1) is 0 Å². The first kappa shape index (κ1) is 11.4. The van der Waals surface area contributed by atoms with Crippen LogP contribution in [0.25, 0.3) is 0 Å². The third kappa shape index (κ3) is 3.21. The monoisotopic (exact) mass is 228 g/mol. The molecule has 4 heteroatoms. The first-order chi connectivity index (χ1) is 8.25. The Kier molecular flexibility index (Phi) is 3.59. The molecule has 0 aromatic heterocycles. The van der Waals surface area contributed by atoms with Crippen molar-refractivity contribution in [2.75, 3.05) is 0 Å². The molecule has 0 saturated carbocycles. The molecule has 0 heterocycles. The average molecular weight is 228 g/mol. The largest absolute Gasteiger partial charge is 0.364 e. The fourth-order valence-electron chi connectivity index (χ4n) is 1.32. The van der Waals surface area contributed by atoms with Crippen molar-refractivity contribution in [3.05, 3.63) is 60.2 Å². The van der Waals surface area contributed by atoms with E-state index in [2.05, 4.69) is 10.2 Å². The smallest absolute Gasteiger partial charge is 0.178 e. The van der Waals surface area contributed by atoms with Crippen LogP contribution < -0.4 is 0 Å². The zero-order chi connectivity index (χ0) is 12.1. The molecule has 0 aliphatic carbocycles. The van der Waals surface area contributed by atoms with Crippen LogP contribution in [0.5, 0.6) is 0 Å². The van der Waals surface area contributed by atoms with Gasteiger partial charge in [0.1, 0.15) is 0 Å². The van der Waals surface area contributed by atoms with Crippen LogP contribution in [0.1, 0.15) is 11.9 Å². The maximum absolute atomic E-state index is 8.92. The van der Waals surface area contributed by atoms with Gasteiger partial charge in [-0.15, -0.1) is 0 Å². The van der Waals surface area contributed by atoms with E-state index in [0.717, 1.165) is 5.69 Å². The minimum atomic E-state index is -1.45. The lowest BCUT2D eigenvalue weighted by atomic mass is 10.2. The molecular formula is C13H12N2O2. The molecule has 86 valence electrons. The van der Waals surface area contributed by atoms with Gasteiger partial charge >= 0.3 is 0 Å². The van der Waals surface area contributed by atoms with Crippen LogP contribution in [0.4, 0.5) is 11.4 Å². The Bertz CT molecular complexity index is 493. The van der Waals surface area contributed by atoms with E-state index in [1.165, 1.54) is 0 Å². The lowest BCUT2D eigenvalue weighted by molar-refractivity contribution is -0.0424. The summed E-state index contributed by atoms with van der Waals surface area (Å²) in [4.78, 5) is 0. The summed E-state index contributed by atoms with van der Waals surface area (Å²) < 4.78 is 0.